The number of benzene rings is 1. The third kappa shape index (κ3) is 3.10. The Kier molecular flexibility index (Phi) is 4.27. The smallest absolute Gasteiger partial charge is 0.227 e. The summed E-state index contributed by atoms with van der Waals surface area (Å²) in [5.74, 6) is 0.558. The van der Waals surface area contributed by atoms with Gasteiger partial charge in [-0.3, -0.25) is 9.59 Å². The van der Waals surface area contributed by atoms with E-state index in [1.807, 2.05) is 32.0 Å². The van der Waals surface area contributed by atoms with Gasteiger partial charge in [0, 0.05) is 19.9 Å². The van der Waals surface area contributed by atoms with Gasteiger partial charge in [-0.05, 0) is 31.5 Å². The quantitative estimate of drug-likeness (QED) is 0.913. The van der Waals surface area contributed by atoms with E-state index in [0.717, 1.165) is 17.0 Å². The first kappa shape index (κ1) is 14.4. The molecule has 0 spiro atoms. The van der Waals surface area contributed by atoms with Crippen LogP contribution in [0.3, 0.4) is 0 Å². The van der Waals surface area contributed by atoms with E-state index in [1.165, 1.54) is 0 Å². The molecule has 5 heteroatoms. The summed E-state index contributed by atoms with van der Waals surface area (Å²) < 4.78 is 5.74. The van der Waals surface area contributed by atoms with E-state index in [4.69, 9.17) is 4.74 Å². The van der Waals surface area contributed by atoms with E-state index in [2.05, 4.69) is 5.32 Å². The second kappa shape index (κ2) is 5.94. The molecule has 0 saturated carbocycles. The van der Waals surface area contributed by atoms with Gasteiger partial charge in [0.25, 0.3) is 0 Å². The number of amides is 2. The summed E-state index contributed by atoms with van der Waals surface area (Å²) >= 11 is 0. The minimum atomic E-state index is -0.121. The second-order valence-corrected chi connectivity index (χ2v) is 5.08. The summed E-state index contributed by atoms with van der Waals surface area (Å²) in [4.78, 5) is 25.3. The van der Waals surface area contributed by atoms with Crippen LogP contribution in [0, 0.1) is 6.92 Å². The molecule has 0 bridgehead atoms. The highest BCUT2D eigenvalue weighted by Gasteiger charge is 2.27. The summed E-state index contributed by atoms with van der Waals surface area (Å²) in [5.41, 5.74) is 1.87. The van der Waals surface area contributed by atoms with Crippen molar-refractivity contribution < 1.29 is 14.3 Å². The highest BCUT2D eigenvalue weighted by molar-refractivity contribution is 5.97. The Labute approximate surface area is 118 Å². The van der Waals surface area contributed by atoms with Crippen LogP contribution in [0.15, 0.2) is 18.2 Å². The number of fused-ring (bicyclic) bond motifs is 1. The molecule has 0 aromatic heterocycles. The predicted octanol–water partition coefficient (Wildman–Crippen LogP) is 1.64. The average Bonchev–Trinajstić information content (AvgIpc) is 2.43. The van der Waals surface area contributed by atoms with Crippen LogP contribution in [0.1, 0.15) is 25.3 Å². The Morgan fingerprint density at radius 2 is 2.15 bits per heavy atom. The molecule has 0 aliphatic carbocycles. The standard InChI is InChI=1S/C15H20N2O3/c1-10-4-5-13-12(8-10)17(9-11(2)20-13)15(19)7-6-14(18)16-3/h4-5,8,11H,6-7,9H2,1-3H3,(H,16,18). The minimum Gasteiger partial charge on any atom is -0.487 e. The van der Waals surface area contributed by atoms with Gasteiger partial charge in [0.1, 0.15) is 11.9 Å². The molecule has 1 aliphatic heterocycles. The van der Waals surface area contributed by atoms with E-state index in [-0.39, 0.29) is 30.8 Å². The number of carbonyl (C=O) groups is 2. The molecule has 0 radical (unpaired) electrons. The van der Waals surface area contributed by atoms with Crippen molar-refractivity contribution in [1.29, 1.82) is 0 Å². The molecule has 1 N–H and O–H groups in total. The predicted molar refractivity (Wildman–Crippen MR) is 76.9 cm³/mol. The third-order valence-corrected chi connectivity index (χ3v) is 3.32. The first-order valence-corrected chi connectivity index (χ1v) is 6.79. The van der Waals surface area contributed by atoms with E-state index < -0.39 is 0 Å². The van der Waals surface area contributed by atoms with Crippen molar-refractivity contribution in [2.45, 2.75) is 32.8 Å². The summed E-state index contributed by atoms with van der Waals surface area (Å²) in [5, 5.41) is 2.53. The Bertz CT molecular complexity index is 528. The molecule has 1 aromatic carbocycles. The monoisotopic (exact) mass is 276 g/mol. The maximum absolute atomic E-state index is 12.3. The lowest BCUT2D eigenvalue weighted by Gasteiger charge is -2.33. The Balaban J connectivity index is 2.17. The summed E-state index contributed by atoms with van der Waals surface area (Å²) in [7, 11) is 1.57. The van der Waals surface area contributed by atoms with Crippen molar-refractivity contribution >= 4 is 17.5 Å². The lowest BCUT2D eigenvalue weighted by molar-refractivity contribution is -0.125. The van der Waals surface area contributed by atoms with E-state index in [1.54, 1.807) is 11.9 Å². The van der Waals surface area contributed by atoms with Gasteiger partial charge < -0.3 is 15.0 Å². The maximum atomic E-state index is 12.3. The van der Waals surface area contributed by atoms with Gasteiger partial charge in [0.2, 0.25) is 11.8 Å². The Hall–Kier alpha value is -2.04. The molecular weight excluding hydrogens is 256 g/mol. The average molecular weight is 276 g/mol. The molecule has 2 amide bonds. The van der Waals surface area contributed by atoms with Gasteiger partial charge in [-0.2, -0.15) is 0 Å². The molecule has 2 rings (SSSR count). The normalized spacial score (nSPS) is 17.1. The number of anilines is 1. The highest BCUT2D eigenvalue weighted by Crippen LogP contribution is 2.34. The fourth-order valence-corrected chi connectivity index (χ4v) is 2.26. The van der Waals surface area contributed by atoms with Gasteiger partial charge in [-0.1, -0.05) is 6.07 Å². The summed E-state index contributed by atoms with van der Waals surface area (Å²) in [6, 6.07) is 5.79. The first-order chi connectivity index (χ1) is 9.51. The molecule has 0 fully saturated rings. The third-order valence-electron chi connectivity index (χ3n) is 3.32. The lowest BCUT2D eigenvalue weighted by Crippen LogP contribution is -2.42. The second-order valence-electron chi connectivity index (χ2n) is 5.08. The molecule has 1 unspecified atom stereocenters. The molecule has 20 heavy (non-hydrogen) atoms. The van der Waals surface area contributed by atoms with Crippen LogP contribution in [0.2, 0.25) is 0 Å². The first-order valence-electron chi connectivity index (χ1n) is 6.79. The van der Waals surface area contributed by atoms with Crippen LogP contribution < -0.4 is 15.0 Å². The van der Waals surface area contributed by atoms with Gasteiger partial charge in [-0.25, -0.2) is 0 Å². The zero-order chi connectivity index (χ0) is 14.7. The lowest BCUT2D eigenvalue weighted by atomic mass is 10.1. The highest BCUT2D eigenvalue weighted by atomic mass is 16.5. The number of carbonyl (C=O) groups excluding carboxylic acids is 2. The van der Waals surface area contributed by atoms with Crippen LogP contribution in [0.4, 0.5) is 5.69 Å². The van der Waals surface area contributed by atoms with Gasteiger partial charge in [-0.15, -0.1) is 0 Å². The number of nitrogens with one attached hydrogen (secondary N) is 1. The van der Waals surface area contributed by atoms with E-state index in [9.17, 15) is 9.59 Å². The Morgan fingerprint density at radius 1 is 1.40 bits per heavy atom. The Morgan fingerprint density at radius 3 is 2.85 bits per heavy atom. The minimum absolute atomic E-state index is 0.0457. The molecular formula is C15H20N2O3. The van der Waals surface area contributed by atoms with E-state index in [0.29, 0.717) is 6.54 Å². The number of aryl methyl sites for hydroxylation is 1. The number of rotatable bonds is 3. The van der Waals surface area contributed by atoms with Crippen LogP contribution in [0.5, 0.6) is 5.75 Å². The molecule has 1 atom stereocenters. The number of hydrogen-bond donors (Lipinski definition) is 1. The number of ether oxygens (including phenoxy) is 1. The maximum Gasteiger partial charge on any atom is 0.227 e. The fraction of sp³-hybridized carbons (Fsp3) is 0.467. The molecule has 1 aliphatic rings. The van der Waals surface area contributed by atoms with Crippen LogP contribution in [-0.4, -0.2) is 31.5 Å². The van der Waals surface area contributed by atoms with Gasteiger partial charge in [0.15, 0.2) is 0 Å². The van der Waals surface area contributed by atoms with Crippen molar-refractivity contribution in [3.05, 3.63) is 23.8 Å². The van der Waals surface area contributed by atoms with Crippen molar-refractivity contribution in [3.8, 4) is 5.75 Å². The van der Waals surface area contributed by atoms with E-state index >= 15 is 0 Å². The molecule has 0 saturated heterocycles. The number of hydrogen-bond acceptors (Lipinski definition) is 3. The van der Waals surface area contributed by atoms with Crippen molar-refractivity contribution in [2.24, 2.45) is 0 Å². The van der Waals surface area contributed by atoms with Crippen molar-refractivity contribution in [1.82, 2.24) is 5.32 Å². The van der Waals surface area contributed by atoms with Crippen molar-refractivity contribution in [3.63, 3.8) is 0 Å². The van der Waals surface area contributed by atoms with Crippen LogP contribution in [0.25, 0.3) is 0 Å². The van der Waals surface area contributed by atoms with Gasteiger partial charge in [0.05, 0.1) is 12.2 Å². The molecule has 1 heterocycles. The molecule has 5 nitrogen and oxygen atoms in total. The van der Waals surface area contributed by atoms with Crippen LogP contribution in [-0.2, 0) is 9.59 Å². The molecule has 108 valence electrons. The molecule has 1 aromatic rings. The number of nitrogens with zero attached hydrogens (tertiary/aromatic N) is 1. The fourth-order valence-electron chi connectivity index (χ4n) is 2.26. The zero-order valence-electron chi connectivity index (χ0n) is 12.1. The topological polar surface area (TPSA) is 58.6 Å². The SMILES string of the molecule is CNC(=O)CCC(=O)N1CC(C)Oc2ccc(C)cc21. The van der Waals surface area contributed by atoms with Gasteiger partial charge >= 0.3 is 0 Å². The van der Waals surface area contributed by atoms with Crippen molar-refractivity contribution in [2.75, 3.05) is 18.5 Å². The van der Waals surface area contributed by atoms with Crippen LogP contribution >= 0.6 is 0 Å². The largest absolute Gasteiger partial charge is 0.487 e. The summed E-state index contributed by atoms with van der Waals surface area (Å²) in [6.07, 6.45) is 0.372. The summed E-state index contributed by atoms with van der Waals surface area (Å²) in [6.45, 7) is 4.43. The zero-order valence-corrected chi connectivity index (χ0v) is 12.1.